The average molecular weight is 66.1 g/mol. The van der Waals surface area contributed by atoms with Gasteiger partial charge in [-0.1, -0.05) is 14.9 Å². The Morgan fingerprint density at radius 2 is 1.25 bits per heavy atom. The predicted molar refractivity (Wildman–Crippen MR) is 23.7 cm³/mol. The average Bonchev–Trinajstić information content (AvgIpc) is 1.00. The minimum Gasteiger partial charge on any atom is 0 e. The van der Waals surface area contributed by atoms with Gasteiger partial charge in [0, 0.05) is 4.28 Å². The van der Waals surface area contributed by atoms with Gasteiger partial charge in [0.15, 0.2) is 0 Å². The first-order valence-corrected chi connectivity index (χ1v) is 0.204. The molecule has 0 rings (SSSR count). The first-order chi connectivity index (χ1) is 1.00. The van der Waals surface area contributed by atoms with Crippen molar-refractivity contribution in [3.8, 4) is 0 Å². The van der Waals surface area contributed by atoms with E-state index < -0.39 is 0 Å². The van der Waals surface area contributed by atoms with Crippen LogP contribution in [0.5, 0.6) is 0 Å². The molecule has 0 aromatic carbocycles. The monoisotopic (exact) mass is 66.1 g/mol. The van der Waals surface area contributed by atoms with Gasteiger partial charge in [-0.05, 0) is 0 Å². The maximum atomic E-state index is 7.50. The molecule has 1 nitrogen and oxygen atoms in total. The van der Waals surface area contributed by atoms with Crippen molar-refractivity contribution in [2.24, 2.45) is 0 Å². The Bertz CT molecular complexity index is 14.9. The standard InChI is InChI=1S/CO.2CH4.3H2/c1-2;;;;;/h;2*1H4;3*1H. The van der Waals surface area contributed by atoms with Crippen LogP contribution in [0.3, 0.4) is 0 Å². The molecule has 0 aliphatic carbocycles. The molecule has 0 aromatic rings. The minimum atomic E-state index is 0. The van der Waals surface area contributed by atoms with E-state index in [2.05, 4.69) is 6.65 Å². The fourth-order valence-electron chi connectivity index (χ4n) is 0. The van der Waals surface area contributed by atoms with Crippen molar-refractivity contribution < 1.29 is 8.93 Å². The van der Waals surface area contributed by atoms with E-state index in [0.29, 0.717) is 0 Å². The molecule has 0 unspecified atom stereocenters. The van der Waals surface area contributed by atoms with E-state index >= 15 is 0 Å². The number of rotatable bonds is 0. The third kappa shape index (κ3) is 14.1. The van der Waals surface area contributed by atoms with Crippen LogP contribution in [0.1, 0.15) is 19.1 Å². The third-order valence-corrected chi connectivity index (χ3v) is 0. The van der Waals surface area contributed by atoms with Crippen LogP contribution in [-0.4, -0.2) is 0 Å². The van der Waals surface area contributed by atoms with Crippen LogP contribution >= 0.6 is 0 Å². The van der Waals surface area contributed by atoms with Gasteiger partial charge in [-0.3, -0.25) is 0 Å². The van der Waals surface area contributed by atoms with Crippen LogP contribution < -0.4 is 0 Å². The van der Waals surface area contributed by atoms with Gasteiger partial charge in [-0.15, -0.1) is 0 Å². The molecule has 0 aromatic heterocycles. The molecule has 0 N–H and O–H groups in total. The van der Waals surface area contributed by atoms with E-state index in [4.69, 9.17) is 4.65 Å². The Balaban J connectivity index is -0.000000000500. The molecular formula is C3H14O. The smallest absolute Gasteiger partial charge is 0 e. The van der Waals surface area contributed by atoms with Crippen LogP contribution in [0.25, 0.3) is 0 Å². The Morgan fingerprint density at radius 1 is 1.25 bits per heavy atom. The van der Waals surface area contributed by atoms with Crippen molar-refractivity contribution in [1.29, 1.82) is 0 Å². The molecule has 0 atom stereocenters. The van der Waals surface area contributed by atoms with Crippen molar-refractivity contribution in [1.82, 2.24) is 0 Å². The first kappa shape index (κ1) is 51.3. The summed E-state index contributed by atoms with van der Waals surface area (Å²) >= 11 is 0. The maximum Gasteiger partial charge on any atom is 0 e. The molecule has 0 saturated carbocycles. The predicted octanol–water partition coefficient (Wildman–Crippen LogP) is 1.97. The van der Waals surface area contributed by atoms with Crippen LogP contribution in [-0.2, 0) is 4.65 Å². The molecule has 32 valence electrons. The fraction of sp³-hybridized carbons (Fsp3) is 0.667. The summed E-state index contributed by atoms with van der Waals surface area (Å²) < 4.78 is 7.50. The normalized spacial score (nSPS) is 0.500. The van der Waals surface area contributed by atoms with Crippen molar-refractivity contribution in [3.63, 3.8) is 0 Å². The van der Waals surface area contributed by atoms with Crippen LogP contribution in [0, 0.1) is 6.65 Å². The van der Waals surface area contributed by atoms with Gasteiger partial charge in [0.05, 0.1) is 0 Å². The Hall–Kier alpha value is -0.260. The third-order valence-electron chi connectivity index (χ3n) is 0. The molecule has 0 bridgehead atoms. The van der Waals surface area contributed by atoms with Gasteiger partial charge in [0.25, 0.3) is 0 Å². The molecule has 0 spiro atoms. The summed E-state index contributed by atoms with van der Waals surface area (Å²) in [5.74, 6) is 0. The van der Waals surface area contributed by atoms with E-state index in [1.54, 1.807) is 0 Å². The molecular weight excluding hydrogens is 52.0 g/mol. The van der Waals surface area contributed by atoms with Gasteiger partial charge in [0.2, 0.25) is 0 Å². The van der Waals surface area contributed by atoms with Crippen molar-refractivity contribution >= 4 is 0 Å². The topological polar surface area (TPSA) is 19.9 Å². The molecule has 0 saturated heterocycles. The van der Waals surface area contributed by atoms with Crippen LogP contribution in [0.4, 0.5) is 0 Å². The largest absolute Gasteiger partial charge is 0 e. The van der Waals surface area contributed by atoms with Crippen LogP contribution in [0.2, 0.25) is 0 Å². The van der Waals surface area contributed by atoms with Crippen LogP contribution in [0.15, 0.2) is 0 Å². The zero-order chi connectivity index (χ0) is 2.00. The van der Waals surface area contributed by atoms with Crippen molar-refractivity contribution in [2.75, 3.05) is 0 Å². The Kier molecular flexibility index (Phi) is 1570. The molecule has 0 heterocycles. The maximum absolute atomic E-state index is 7.50. The van der Waals surface area contributed by atoms with Crippen molar-refractivity contribution in [3.05, 3.63) is 6.65 Å². The molecule has 0 aliphatic heterocycles. The summed E-state index contributed by atoms with van der Waals surface area (Å²) in [5.41, 5.74) is 0. The van der Waals surface area contributed by atoms with Gasteiger partial charge < -0.3 is 0 Å². The number of hydrogen-bond donors (Lipinski definition) is 0. The molecule has 0 amide bonds. The first-order valence-electron chi connectivity index (χ1n) is 0.204. The summed E-state index contributed by atoms with van der Waals surface area (Å²) in [7, 11) is 0. The minimum absolute atomic E-state index is 0. The Morgan fingerprint density at radius 3 is 1.25 bits per heavy atom. The molecule has 1 heteroatoms. The van der Waals surface area contributed by atoms with E-state index in [1.807, 2.05) is 0 Å². The van der Waals surface area contributed by atoms with Gasteiger partial charge >= 0.3 is 11.3 Å². The second kappa shape index (κ2) is 123. The second-order valence-electron chi connectivity index (χ2n) is 0. The zero-order valence-corrected chi connectivity index (χ0v) is 0.908. The summed E-state index contributed by atoms with van der Waals surface area (Å²) in [6, 6.07) is 0. The number of hydrogen-bond acceptors (Lipinski definition) is 0. The zero-order valence-electron chi connectivity index (χ0n) is 0.908. The molecule has 4 heavy (non-hydrogen) atoms. The van der Waals surface area contributed by atoms with E-state index in [-0.39, 0.29) is 19.1 Å². The molecule has 0 fully saturated rings. The van der Waals surface area contributed by atoms with E-state index in [0.717, 1.165) is 0 Å². The van der Waals surface area contributed by atoms with E-state index in [9.17, 15) is 0 Å². The Labute approximate surface area is 31.8 Å². The van der Waals surface area contributed by atoms with Gasteiger partial charge in [-0.2, -0.15) is 0 Å². The fourth-order valence-corrected chi connectivity index (χ4v) is 0. The van der Waals surface area contributed by atoms with Gasteiger partial charge in [-0.25, -0.2) is 0 Å². The molecule has 0 aliphatic rings. The summed E-state index contributed by atoms with van der Waals surface area (Å²) in [4.78, 5) is 0. The molecule has 0 radical (unpaired) electrons. The summed E-state index contributed by atoms with van der Waals surface area (Å²) in [6.45, 7) is 4.50. The van der Waals surface area contributed by atoms with Crippen molar-refractivity contribution in [2.45, 2.75) is 14.9 Å². The summed E-state index contributed by atoms with van der Waals surface area (Å²) in [6.07, 6.45) is 0. The van der Waals surface area contributed by atoms with Gasteiger partial charge in [0.1, 0.15) is 0 Å². The van der Waals surface area contributed by atoms with E-state index in [1.165, 1.54) is 0 Å². The SMILES string of the molecule is C.C.[C-]#[O+].[HH].[HH].[HH]. The quantitative estimate of drug-likeness (QED) is 0.304. The summed E-state index contributed by atoms with van der Waals surface area (Å²) in [5, 5.41) is 0. The second-order valence-corrected chi connectivity index (χ2v) is 0.